The van der Waals surface area contributed by atoms with Gasteiger partial charge in [0.15, 0.2) is 0 Å². The molecule has 0 saturated carbocycles. The van der Waals surface area contributed by atoms with Crippen molar-refractivity contribution in [1.29, 1.82) is 0 Å². The molecular weight excluding hydrogens is 570 g/mol. The third-order valence-corrected chi connectivity index (χ3v) is 13.5. The first-order valence-corrected chi connectivity index (χ1v) is 17.0. The fraction of sp³-hybridized carbons (Fsp3) is 0.343. The van der Waals surface area contributed by atoms with Crippen molar-refractivity contribution >= 4 is 30.4 Å². The van der Waals surface area contributed by atoms with E-state index in [0.717, 1.165) is 5.56 Å². The summed E-state index contributed by atoms with van der Waals surface area (Å²) >= 11 is 0. The smallest absolute Gasteiger partial charge is 0.351 e. The third-order valence-electron chi connectivity index (χ3n) is 8.48. The van der Waals surface area contributed by atoms with Crippen LogP contribution in [0.3, 0.4) is 0 Å². The molecule has 1 aromatic heterocycles. The predicted molar refractivity (Wildman–Crippen MR) is 175 cm³/mol. The first kappa shape index (κ1) is 31.5. The second kappa shape index (κ2) is 13.4. The number of aromatic nitrogens is 2. The number of hydrogen-bond donors (Lipinski definition) is 2. The molecule has 1 fully saturated rings. The van der Waals surface area contributed by atoms with Crippen molar-refractivity contribution in [3.63, 3.8) is 0 Å². The minimum absolute atomic E-state index is 0.0376. The largest absolute Gasteiger partial charge is 0.407 e. The fourth-order valence-corrected chi connectivity index (χ4v) is 10.9. The second-order valence-corrected chi connectivity index (χ2v) is 16.7. The van der Waals surface area contributed by atoms with Gasteiger partial charge in [0.25, 0.3) is 14.2 Å². The minimum Gasteiger partial charge on any atom is -0.407 e. The van der Waals surface area contributed by atoms with Gasteiger partial charge in [0.05, 0.1) is 6.10 Å². The Balaban J connectivity index is 1.38. The summed E-state index contributed by atoms with van der Waals surface area (Å²) in [5, 5.41) is 14.8. The number of rotatable bonds is 10. The molecule has 0 bridgehead atoms. The van der Waals surface area contributed by atoms with Gasteiger partial charge < -0.3 is 19.6 Å². The minimum atomic E-state index is -2.78. The Morgan fingerprint density at radius 1 is 1.00 bits per heavy atom. The molecule has 4 aromatic rings. The zero-order valence-corrected chi connectivity index (χ0v) is 26.8. The molecule has 1 saturated heterocycles. The van der Waals surface area contributed by atoms with Gasteiger partial charge in [0.1, 0.15) is 12.0 Å². The van der Waals surface area contributed by atoms with Crippen molar-refractivity contribution in [2.45, 2.75) is 57.9 Å². The Bertz CT molecular complexity index is 1580. The van der Waals surface area contributed by atoms with Crippen LogP contribution in [0.25, 0.3) is 0 Å². The van der Waals surface area contributed by atoms with E-state index in [1.165, 1.54) is 14.9 Å². The van der Waals surface area contributed by atoms with Gasteiger partial charge in [-0.2, -0.15) is 4.98 Å². The van der Waals surface area contributed by atoms with Crippen LogP contribution in [0, 0.1) is 12.8 Å². The van der Waals surface area contributed by atoms with E-state index in [4.69, 9.17) is 9.16 Å². The van der Waals surface area contributed by atoms with Gasteiger partial charge in [0, 0.05) is 37.3 Å². The Labute approximate surface area is 259 Å². The van der Waals surface area contributed by atoms with Crippen molar-refractivity contribution in [2.75, 3.05) is 18.5 Å². The summed E-state index contributed by atoms with van der Waals surface area (Å²) in [6.45, 7) is 8.95. The lowest BCUT2D eigenvalue weighted by molar-refractivity contribution is -0.0207. The summed E-state index contributed by atoms with van der Waals surface area (Å²) in [4.78, 5) is 30.0. The Kier molecular flexibility index (Phi) is 9.60. The lowest BCUT2D eigenvalue weighted by Crippen LogP contribution is -2.67. The normalized spacial score (nSPS) is 18.7. The molecule has 2 heterocycles. The van der Waals surface area contributed by atoms with Crippen molar-refractivity contribution in [3.05, 3.63) is 119 Å². The predicted octanol–water partition coefficient (Wildman–Crippen LogP) is 4.67. The van der Waals surface area contributed by atoms with Crippen LogP contribution in [0.15, 0.2) is 102 Å². The summed E-state index contributed by atoms with van der Waals surface area (Å²) in [7, 11) is -2.78. The third kappa shape index (κ3) is 6.46. The molecule has 3 aromatic carbocycles. The lowest BCUT2D eigenvalue weighted by atomic mass is 10.00. The average molecular weight is 612 g/mol. The van der Waals surface area contributed by atoms with Gasteiger partial charge in [-0.3, -0.25) is 9.36 Å². The monoisotopic (exact) mass is 611 g/mol. The fourth-order valence-electron chi connectivity index (χ4n) is 6.27. The number of hydrogen-bond acceptors (Lipinski definition) is 6. The van der Waals surface area contributed by atoms with Gasteiger partial charge in [-0.15, -0.1) is 0 Å². The first-order chi connectivity index (χ1) is 21.1. The Hall–Kier alpha value is -3.89. The van der Waals surface area contributed by atoms with E-state index in [1.54, 1.807) is 24.4 Å². The van der Waals surface area contributed by atoms with E-state index >= 15 is 0 Å². The summed E-state index contributed by atoms with van der Waals surface area (Å²) in [6, 6.07) is 29.8. The molecule has 9 heteroatoms. The highest BCUT2D eigenvalue weighted by molar-refractivity contribution is 6.99. The second-order valence-electron chi connectivity index (χ2n) is 12.4. The molecule has 1 amide bonds. The number of aliphatic hydroxyl groups is 1. The van der Waals surface area contributed by atoms with Crippen molar-refractivity contribution < 1.29 is 19.1 Å². The van der Waals surface area contributed by atoms with E-state index in [1.807, 2.05) is 31.2 Å². The van der Waals surface area contributed by atoms with Gasteiger partial charge in [-0.25, -0.2) is 4.79 Å². The number of nitrogens with one attached hydrogen (secondary N) is 1. The van der Waals surface area contributed by atoms with E-state index in [2.05, 4.69) is 79.6 Å². The number of ether oxygens (including phenoxy) is 1. The van der Waals surface area contributed by atoms with Gasteiger partial charge in [-0.1, -0.05) is 99.6 Å². The molecule has 0 aliphatic carbocycles. The van der Waals surface area contributed by atoms with Crippen LogP contribution in [0.5, 0.6) is 0 Å². The van der Waals surface area contributed by atoms with Crippen molar-refractivity contribution in [1.82, 2.24) is 9.55 Å². The van der Waals surface area contributed by atoms with Gasteiger partial charge in [0.2, 0.25) is 0 Å². The summed E-state index contributed by atoms with van der Waals surface area (Å²) in [5.41, 5.74) is 0.834. The highest BCUT2D eigenvalue weighted by Gasteiger charge is 2.51. The lowest BCUT2D eigenvalue weighted by Gasteiger charge is -2.43. The van der Waals surface area contributed by atoms with E-state index in [-0.39, 0.29) is 35.4 Å². The zero-order valence-electron chi connectivity index (χ0n) is 25.8. The van der Waals surface area contributed by atoms with Crippen LogP contribution >= 0.6 is 0 Å². The Morgan fingerprint density at radius 3 is 2.18 bits per heavy atom. The SMILES string of the molecule is Cc1ccccc1C(=O)Nc1ccn([C@H]2C[C@H](CO[Si](c3ccccc3)(c3ccccc3)C(C)(C)C)[C@@H](CCO)O2)c(=O)n1. The molecule has 0 spiro atoms. The molecule has 230 valence electrons. The number of carbonyl (C=O) groups excluding carboxylic acids is 1. The molecule has 2 N–H and O–H groups in total. The van der Waals surface area contributed by atoms with Crippen LogP contribution in [0.1, 0.15) is 55.8 Å². The summed E-state index contributed by atoms with van der Waals surface area (Å²) in [5.74, 6) is -0.203. The number of anilines is 1. The topological polar surface area (TPSA) is 103 Å². The number of benzene rings is 3. The standard InChI is InChI=1S/C35H41N3O5Si/c1-25-13-11-12-18-29(25)33(40)36-31-19-21-38(34(41)37-31)32-23-26(30(43-32)20-22-39)24-42-44(35(2,3)4,27-14-7-5-8-15-27)28-16-9-6-10-17-28/h5-19,21,26,30,32,39H,20,22-24H2,1-4H3,(H,36,37,40,41)/t26-,30-,32-/m1/s1. The van der Waals surface area contributed by atoms with Crippen LogP contribution in [0.2, 0.25) is 5.04 Å². The number of aryl methyl sites for hydroxylation is 1. The van der Waals surface area contributed by atoms with Crippen LogP contribution < -0.4 is 21.4 Å². The number of aliphatic hydroxyl groups excluding tert-OH is 1. The maximum absolute atomic E-state index is 13.1. The first-order valence-electron chi connectivity index (χ1n) is 15.1. The van der Waals surface area contributed by atoms with E-state index < -0.39 is 20.2 Å². The van der Waals surface area contributed by atoms with E-state index in [9.17, 15) is 14.7 Å². The van der Waals surface area contributed by atoms with Crippen LogP contribution in [-0.2, 0) is 9.16 Å². The molecule has 5 rings (SSSR count). The molecular formula is C35H41N3O5Si. The maximum Gasteiger partial charge on any atom is 0.351 e. The maximum atomic E-state index is 13.1. The number of carbonyl (C=O) groups is 1. The van der Waals surface area contributed by atoms with Gasteiger partial charge >= 0.3 is 5.69 Å². The molecule has 1 aliphatic rings. The number of nitrogens with zero attached hydrogens (tertiary/aromatic N) is 2. The highest BCUT2D eigenvalue weighted by Crippen LogP contribution is 2.40. The molecule has 0 unspecified atom stereocenters. The molecule has 8 nitrogen and oxygen atoms in total. The summed E-state index contributed by atoms with van der Waals surface area (Å²) in [6.07, 6.45) is 1.70. The summed E-state index contributed by atoms with van der Waals surface area (Å²) < 4.78 is 15.0. The van der Waals surface area contributed by atoms with Crippen LogP contribution in [-0.4, -0.2) is 48.2 Å². The van der Waals surface area contributed by atoms with Crippen LogP contribution in [0.4, 0.5) is 5.82 Å². The quantitative estimate of drug-likeness (QED) is 0.253. The van der Waals surface area contributed by atoms with Crippen molar-refractivity contribution in [3.8, 4) is 0 Å². The molecule has 3 atom stereocenters. The van der Waals surface area contributed by atoms with E-state index in [0.29, 0.717) is 25.0 Å². The van der Waals surface area contributed by atoms with Gasteiger partial charge in [-0.05, 0) is 46.5 Å². The zero-order chi connectivity index (χ0) is 31.3. The molecule has 1 aliphatic heterocycles. The molecule has 44 heavy (non-hydrogen) atoms. The highest BCUT2D eigenvalue weighted by atomic mass is 28.4. The number of amides is 1. The molecule has 0 radical (unpaired) electrons. The Morgan fingerprint density at radius 2 is 1.61 bits per heavy atom. The average Bonchev–Trinajstić information content (AvgIpc) is 3.40. The van der Waals surface area contributed by atoms with Crippen molar-refractivity contribution in [2.24, 2.45) is 5.92 Å².